The molecule has 3 nitrogen and oxygen atoms in total. The Labute approximate surface area is 105 Å². The third-order valence-electron chi connectivity index (χ3n) is 3.82. The summed E-state index contributed by atoms with van der Waals surface area (Å²) in [7, 11) is 0. The Morgan fingerprint density at radius 2 is 1.89 bits per heavy atom. The first kappa shape index (κ1) is 11.0. The highest BCUT2D eigenvalue weighted by Crippen LogP contribution is 2.47. The molecule has 1 aromatic rings. The standard InChI is InChI=1S/C15H13NO2/c1-15-11(10-6-3-2-4-7-10)8-5-9-12(15)13(17)16-14(15)18/h2-9,12H,1H3,(H,16,17,18). The highest BCUT2D eigenvalue weighted by Gasteiger charge is 2.53. The number of benzene rings is 1. The SMILES string of the molecule is CC12C(=O)NC(=O)C1C=CC=C2c1ccccc1. The molecular weight excluding hydrogens is 226 g/mol. The number of imide groups is 1. The van der Waals surface area contributed by atoms with Gasteiger partial charge in [0.15, 0.2) is 0 Å². The van der Waals surface area contributed by atoms with Gasteiger partial charge in [-0.15, -0.1) is 0 Å². The van der Waals surface area contributed by atoms with E-state index in [-0.39, 0.29) is 11.8 Å². The Balaban J connectivity index is 2.16. The average Bonchev–Trinajstić information content (AvgIpc) is 2.61. The molecule has 1 aromatic carbocycles. The maximum absolute atomic E-state index is 12.1. The molecule has 18 heavy (non-hydrogen) atoms. The van der Waals surface area contributed by atoms with E-state index in [0.29, 0.717) is 0 Å². The zero-order valence-corrected chi connectivity index (χ0v) is 10.0. The summed E-state index contributed by atoms with van der Waals surface area (Å²) < 4.78 is 0. The van der Waals surface area contributed by atoms with Crippen molar-refractivity contribution in [3.63, 3.8) is 0 Å². The Morgan fingerprint density at radius 1 is 1.17 bits per heavy atom. The predicted octanol–water partition coefficient (Wildman–Crippen LogP) is 1.92. The van der Waals surface area contributed by atoms with Crippen molar-refractivity contribution in [3.05, 3.63) is 54.1 Å². The van der Waals surface area contributed by atoms with Gasteiger partial charge in [0.25, 0.3) is 0 Å². The van der Waals surface area contributed by atoms with E-state index in [2.05, 4.69) is 5.32 Å². The second-order valence-electron chi connectivity index (χ2n) is 4.83. The van der Waals surface area contributed by atoms with Crippen LogP contribution in [0, 0.1) is 11.3 Å². The fourth-order valence-electron chi connectivity index (χ4n) is 2.74. The molecule has 2 unspecified atom stereocenters. The van der Waals surface area contributed by atoms with Crippen LogP contribution >= 0.6 is 0 Å². The number of hydrogen-bond acceptors (Lipinski definition) is 2. The molecule has 1 fully saturated rings. The topological polar surface area (TPSA) is 46.2 Å². The van der Waals surface area contributed by atoms with E-state index in [1.165, 1.54) is 0 Å². The molecule has 0 spiro atoms. The van der Waals surface area contributed by atoms with Crippen molar-refractivity contribution < 1.29 is 9.59 Å². The molecule has 2 aliphatic rings. The van der Waals surface area contributed by atoms with Crippen LogP contribution in [0.3, 0.4) is 0 Å². The molecule has 0 bridgehead atoms. The summed E-state index contributed by atoms with van der Waals surface area (Å²) in [6, 6.07) is 9.72. The van der Waals surface area contributed by atoms with Crippen LogP contribution in [0.5, 0.6) is 0 Å². The molecule has 1 heterocycles. The minimum atomic E-state index is -0.785. The molecular formula is C15H13NO2. The molecule has 1 aliphatic carbocycles. The van der Waals surface area contributed by atoms with Gasteiger partial charge in [-0.05, 0) is 18.1 Å². The van der Waals surface area contributed by atoms with Gasteiger partial charge in [-0.3, -0.25) is 14.9 Å². The summed E-state index contributed by atoms with van der Waals surface area (Å²) >= 11 is 0. The summed E-state index contributed by atoms with van der Waals surface area (Å²) in [5.74, 6) is -0.817. The van der Waals surface area contributed by atoms with Crippen molar-refractivity contribution in [2.45, 2.75) is 6.92 Å². The maximum Gasteiger partial charge on any atom is 0.238 e. The third-order valence-corrected chi connectivity index (χ3v) is 3.82. The molecule has 2 amide bonds. The van der Waals surface area contributed by atoms with Crippen LogP contribution in [0.4, 0.5) is 0 Å². The zero-order chi connectivity index (χ0) is 12.8. The van der Waals surface area contributed by atoms with Crippen LogP contribution in [0.25, 0.3) is 5.57 Å². The first-order chi connectivity index (χ1) is 8.64. The van der Waals surface area contributed by atoms with Gasteiger partial charge in [0.05, 0.1) is 11.3 Å². The summed E-state index contributed by atoms with van der Waals surface area (Å²) in [5.41, 5.74) is 1.10. The first-order valence-electron chi connectivity index (χ1n) is 5.93. The van der Waals surface area contributed by atoms with Crippen molar-refractivity contribution in [2.24, 2.45) is 11.3 Å². The van der Waals surface area contributed by atoms with E-state index in [0.717, 1.165) is 11.1 Å². The van der Waals surface area contributed by atoms with Gasteiger partial charge in [0.1, 0.15) is 0 Å². The van der Waals surface area contributed by atoms with E-state index in [4.69, 9.17) is 0 Å². The average molecular weight is 239 g/mol. The van der Waals surface area contributed by atoms with E-state index >= 15 is 0 Å². The van der Waals surface area contributed by atoms with E-state index in [1.54, 1.807) is 6.08 Å². The number of carbonyl (C=O) groups excluding carboxylic acids is 2. The molecule has 1 aliphatic heterocycles. The predicted molar refractivity (Wildman–Crippen MR) is 68.3 cm³/mol. The van der Waals surface area contributed by atoms with E-state index in [9.17, 15) is 9.59 Å². The fraction of sp³-hybridized carbons (Fsp3) is 0.200. The smallest absolute Gasteiger partial charge is 0.238 e. The van der Waals surface area contributed by atoms with Crippen LogP contribution in [-0.4, -0.2) is 11.8 Å². The van der Waals surface area contributed by atoms with Crippen LogP contribution < -0.4 is 5.32 Å². The molecule has 0 radical (unpaired) electrons. The molecule has 1 saturated heterocycles. The first-order valence-corrected chi connectivity index (χ1v) is 5.93. The van der Waals surface area contributed by atoms with Gasteiger partial charge in [0.2, 0.25) is 11.8 Å². The van der Waals surface area contributed by atoms with E-state index < -0.39 is 11.3 Å². The minimum Gasteiger partial charge on any atom is -0.295 e. The normalized spacial score (nSPS) is 29.8. The zero-order valence-electron chi connectivity index (χ0n) is 10.0. The number of fused-ring (bicyclic) bond motifs is 1. The van der Waals surface area contributed by atoms with Crippen molar-refractivity contribution in [2.75, 3.05) is 0 Å². The van der Waals surface area contributed by atoms with Crippen LogP contribution in [0.1, 0.15) is 12.5 Å². The van der Waals surface area contributed by atoms with Crippen LogP contribution in [0.15, 0.2) is 48.6 Å². The van der Waals surface area contributed by atoms with Crippen LogP contribution in [0.2, 0.25) is 0 Å². The molecule has 0 aromatic heterocycles. The Kier molecular flexibility index (Phi) is 2.23. The van der Waals surface area contributed by atoms with Crippen molar-refractivity contribution >= 4 is 17.4 Å². The lowest BCUT2D eigenvalue weighted by Gasteiger charge is -2.30. The Hall–Kier alpha value is -2.16. The van der Waals surface area contributed by atoms with Gasteiger partial charge < -0.3 is 0 Å². The van der Waals surface area contributed by atoms with Gasteiger partial charge in [-0.1, -0.05) is 48.6 Å². The highest BCUT2D eigenvalue weighted by atomic mass is 16.2. The molecule has 2 atom stereocenters. The number of rotatable bonds is 1. The summed E-state index contributed by atoms with van der Waals surface area (Å²) in [4.78, 5) is 23.9. The fourth-order valence-corrected chi connectivity index (χ4v) is 2.74. The quantitative estimate of drug-likeness (QED) is 0.761. The second kappa shape index (κ2) is 3.67. The molecule has 90 valence electrons. The van der Waals surface area contributed by atoms with Crippen molar-refractivity contribution in [1.29, 1.82) is 0 Å². The van der Waals surface area contributed by atoms with Crippen molar-refractivity contribution in [3.8, 4) is 0 Å². The molecule has 0 saturated carbocycles. The lowest BCUT2D eigenvalue weighted by molar-refractivity contribution is -0.126. The highest BCUT2D eigenvalue weighted by molar-refractivity contribution is 6.14. The van der Waals surface area contributed by atoms with E-state index in [1.807, 2.05) is 49.4 Å². The lowest BCUT2D eigenvalue weighted by atomic mass is 9.68. The summed E-state index contributed by atoms with van der Waals surface area (Å²) in [5, 5.41) is 2.43. The number of carbonyl (C=O) groups is 2. The number of amides is 2. The molecule has 1 N–H and O–H groups in total. The lowest BCUT2D eigenvalue weighted by Crippen LogP contribution is -2.33. The largest absolute Gasteiger partial charge is 0.295 e. The minimum absolute atomic E-state index is 0.208. The number of nitrogens with one attached hydrogen (secondary N) is 1. The number of hydrogen-bond donors (Lipinski definition) is 1. The van der Waals surface area contributed by atoms with Gasteiger partial charge in [-0.2, -0.15) is 0 Å². The van der Waals surface area contributed by atoms with Gasteiger partial charge >= 0.3 is 0 Å². The monoisotopic (exact) mass is 239 g/mol. The third kappa shape index (κ3) is 1.30. The summed E-state index contributed by atoms with van der Waals surface area (Å²) in [6.45, 7) is 1.83. The summed E-state index contributed by atoms with van der Waals surface area (Å²) in [6.07, 6.45) is 5.57. The second-order valence-corrected chi connectivity index (χ2v) is 4.83. The maximum atomic E-state index is 12.1. The Bertz CT molecular complexity index is 586. The Morgan fingerprint density at radius 3 is 2.61 bits per heavy atom. The molecule has 3 rings (SSSR count). The molecule has 3 heteroatoms. The van der Waals surface area contributed by atoms with Gasteiger partial charge in [0, 0.05) is 0 Å². The van der Waals surface area contributed by atoms with Crippen LogP contribution in [-0.2, 0) is 9.59 Å². The van der Waals surface area contributed by atoms with Crippen molar-refractivity contribution in [1.82, 2.24) is 5.32 Å². The van der Waals surface area contributed by atoms with Gasteiger partial charge in [-0.25, -0.2) is 0 Å². The number of allylic oxidation sites excluding steroid dienone is 2.